The lowest BCUT2D eigenvalue weighted by Gasteiger charge is -2.57. The molecule has 2 saturated carbocycles. The molecule has 4 bridgehead atoms. The van der Waals surface area contributed by atoms with Crippen molar-refractivity contribution in [2.45, 2.75) is 127 Å². The van der Waals surface area contributed by atoms with Crippen LogP contribution in [0.2, 0.25) is 0 Å². The first-order chi connectivity index (χ1) is 23.5. The summed E-state index contributed by atoms with van der Waals surface area (Å²) in [5.74, 6) is -4.66. The zero-order chi connectivity index (χ0) is 35.5. The second-order valence-corrected chi connectivity index (χ2v) is 18.0. The maximum absolute atomic E-state index is 14.6. The summed E-state index contributed by atoms with van der Waals surface area (Å²) < 4.78 is 111. The fraction of sp³-hybridized carbons (Fsp3) is 0.882. The molecule has 8 nitrogen and oxygen atoms in total. The molecular formula is C34H44F6O8S2. The highest BCUT2D eigenvalue weighted by atomic mass is 32.2. The molecule has 6 saturated heterocycles. The Morgan fingerprint density at radius 3 is 1.38 bits per heavy atom. The first-order valence-corrected chi connectivity index (χ1v) is 20.0. The van der Waals surface area contributed by atoms with Crippen LogP contribution in [0, 0.1) is 35.5 Å². The lowest BCUT2D eigenvalue weighted by Crippen LogP contribution is -2.67. The van der Waals surface area contributed by atoms with Crippen molar-refractivity contribution in [2.24, 2.45) is 35.5 Å². The average Bonchev–Trinajstić information content (AvgIpc) is 3.41. The van der Waals surface area contributed by atoms with Gasteiger partial charge in [-0.1, -0.05) is 13.8 Å². The van der Waals surface area contributed by atoms with Gasteiger partial charge in [0.15, 0.2) is 11.2 Å². The van der Waals surface area contributed by atoms with Gasteiger partial charge in [0.2, 0.25) is 35.7 Å². The average molecular weight is 759 g/mol. The van der Waals surface area contributed by atoms with Crippen LogP contribution < -0.4 is 0 Å². The summed E-state index contributed by atoms with van der Waals surface area (Å²) in [6.45, 7) is 7.50. The molecule has 12 atom stereocenters. The van der Waals surface area contributed by atoms with Gasteiger partial charge in [0.1, 0.15) is 0 Å². The summed E-state index contributed by atoms with van der Waals surface area (Å²) in [6.07, 6.45) is -7.24. The number of fused-ring (bicyclic) bond motifs is 4. The van der Waals surface area contributed by atoms with Crippen LogP contribution in [0.1, 0.15) is 79.1 Å². The van der Waals surface area contributed by atoms with Crippen molar-refractivity contribution in [1.29, 1.82) is 0 Å². The molecule has 2 spiro atoms. The molecule has 0 aromatic heterocycles. The van der Waals surface area contributed by atoms with E-state index in [9.17, 15) is 26.3 Å². The predicted molar refractivity (Wildman–Crippen MR) is 169 cm³/mol. The molecule has 2 unspecified atom stereocenters. The Morgan fingerprint density at radius 1 is 0.600 bits per heavy atom. The minimum Gasteiger partial charge on any atom is -0.456 e. The van der Waals surface area contributed by atoms with Gasteiger partial charge in [-0.2, -0.15) is 49.9 Å². The monoisotopic (exact) mass is 758 g/mol. The maximum Gasteiger partial charge on any atom is 0.449 e. The van der Waals surface area contributed by atoms with Gasteiger partial charge in [0.25, 0.3) is 0 Å². The van der Waals surface area contributed by atoms with Crippen LogP contribution in [0.3, 0.4) is 0 Å². The largest absolute Gasteiger partial charge is 0.456 e. The van der Waals surface area contributed by atoms with Crippen LogP contribution in [0.15, 0.2) is 22.7 Å². The Morgan fingerprint density at radius 2 is 1.00 bits per heavy atom. The standard InChI is InChI=1S/C34H44F6O8S2/c1-17-5-7-23-19(25(33(35,36)37)41-27-31(23)21(17)9-11-29(3,43-27)45-47-31)15-49-13-14-50-16-20-24-8-6-18(2)22-10-12-30(4)44-28(32(22,24)48-46-30)42-26(20)34(38,39)40/h17-18,21-24,27-28H,5-16H2,1-4H3/t17-,18-,21?,22?,23+,24+,27-,28-,29-,30-,31-,32-/m1/s1. The molecule has 10 aliphatic rings. The molecule has 10 rings (SSSR count). The summed E-state index contributed by atoms with van der Waals surface area (Å²) in [7, 11) is 0. The van der Waals surface area contributed by atoms with E-state index in [1.54, 1.807) is 13.8 Å². The van der Waals surface area contributed by atoms with E-state index in [1.807, 2.05) is 0 Å². The fourth-order valence-corrected chi connectivity index (χ4v) is 12.6. The Hall–Kier alpha value is -0.880. The summed E-state index contributed by atoms with van der Waals surface area (Å²) >= 11 is 2.61. The van der Waals surface area contributed by atoms with E-state index < -0.39 is 71.1 Å². The highest BCUT2D eigenvalue weighted by Crippen LogP contribution is 2.63. The molecule has 0 N–H and O–H groups in total. The normalized spacial score (nSPS) is 46.8. The molecule has 8 fully saturated rings. The van der Waals surface area contributed by atoms with Crippen LogP contribution in [0.5, 0.6) is 0 Å². The summed E-state index contributed by atoms with van der Waals surface area (Å²) in [4.78, 5) is 23.6. The molecule has 0 aromatic carbocycles. The SMILES string of the molecule is C[C@@H]1CC[C@H]2C(CSCCSCC3=C(C(F)(F)F)O[C@@H]4O[C@@]5(C)CCC6[C@H](C)CC[C@@H]3[C@]64OO5)=C(C(F)(F)F)O[C@@H]3O[C@@]4(C)CCC1[C@]32OO4. The number of allylic oxidation sites excluding steroid dienone is 2. The highest BCUT2D eigenvalue weighted by molar-refractivity contribution is 8.03. The van der Waals surface area contributed by atoms with Crippen molar-refractivity contribution in [3.8, 4) is 0 Å². The van der Waals surface area contributed by atoms with Crippen molar-refractivity contribution in [3.05, 3.63) is 22.7 Å². The minimum absolute atomic E-state index is 0.0319. The van der Waals surface area contributed by atoms with E-state index in [-0.39, 0.29) is 46.3 Å². The molecule has 16 heteroatoms. The minimum atomic E-state index is -4.74. The third kappa shape index (κ3) is 5.57. The molecule has 282 valence electrons. The summed E-state index contributed by atoms with van der Waals surface area (Å²) in [5, 5.41) is 0. The zero-order valence-electron chi connectivity index (χ0n) is 28.5. The van der Waals surface area contributed by atoms with E-state index in [4.69, 9.17) is 38.5 Å². The molecule has 50 heavy (non-hydrogen) atoms. The molecular weight excluding hydrogens is 714 g/mol. The van der Waals surface area contributed by atoms with Crippen LogP contribution in [-0.4, -0.2) is 70.7 Å². The van der Waals surface area contributed by atoms with Gasteiger partial charge in [0, 0.05) is 59.5 Å². The molecule has 8 heterocycles. The maximum atomic E-state index is 14.6. The van der Waals surface area contributed by atoms with Gasteiger partial charge in [-0.15, -0.1) is 0 Å². The lowest BCUT2D eigenvalue weighted by molar-refractivity contribution is -0.557. The number of rotatable bonds is 7. The third-order valence-corrected chi connectivity index (χ3v) is 15.0. The first-order valence-electron chi connectivity index (χ1n) is 17.7. The topological polar surface area (TPSA) is 73.8 Å². The Kier molecular flexibility index (Phi) is 8.90. The van der Waals surface area contributed by atoms with E-state index in [2.05, 4.69) is 13.8 Å². The number of halogens is 6. The van der Waals surface area contributed by atoms with Crippen molar-refractivity contribution in [1.82, 2.24) is 0 Å². The summed E-state index contributed by atoms with van der Waals surface area (Å²) in [5.41, 5.74) is -2.12. The van der Waals surface area contributed by atoms with Gasteiger partial charge in [-0.05, 0) is 75.4 Å². The first kappa shape index (κ1) is 36.1. The molecule has 0 radical (unpaired) electrons. The van der Waals surface area contributed by atoms with Gasteiger partial charge < -0.3 is 18.9 Å². The van der Waals surface area contributed by atoms with Crippen LogP contribution in [-0.2, 0) is 38.5 Å². The molecule has 0 aromatic rings. The Balaban J connectivity index is 0.987. The van der Waals surface area contributed by atoms with Crippen LogP contribution >= 0.6 is 23.5 Å². The fourth-order valence-electron chi connectivity index (χ4n) is 10.3. The smallest absolute Gasteiger partial charge is 0.449 e. The Bertz CT molecular complexity index is 1320. The van der Waals surface area contributed by atoms with Gasteiger partial charge in [-0.25, -0.2) is 19.6 Å². The van der Waals surface area contributed by atoms with E-state index >= 15 is 0 Å². The lowest BCUT2D eigenvalue weighted by atomic mass is 9.59. The number of hydrogen-bond acceptors (Lipinski definition) is 10. The summed E-state index contributed by atoms with van der Waals surface area (Å²) in [6, 6.07) is 0. The molecule has 2 aliphatic carbocycles. The second-order valence-electron chi connectivity index (χ2n) is 15.8. The zero-order valence-corrected chi connectivity index (χ0v) is 30.1. The van der Waals surface area contributed by atoms with E-state index in [1.165, 1.54) is 23.5 Å². The van der Waals surface area contributed by atoms with E-state index in [0.29, 0.717) is 50.0 Å². The van der Waals surface area contributed by atoms with Crippen LogP contribution in [0.25, 0.3) is 0 Å². The van der Waals surface area contributed by atoms with Crippen LogP contribution in [0.4, 0.5) is 26.3 Å². The van der Waals surface area contributed by atoms with Crippen molar-refractivity contribution >= 4 is 23.5 Å². The Labute approximate surface area is 295 Å². The number of thioether (sulfide) groups is 2. The quantitative estimate of drug-likeness (QED) is 0.143. The number of hydrogen-bond donors (Lipinski definition) is 0. The van der Waals surface area contributed by atoms with Crippen molar-refractivity contribution in [3.63, 3.8) is 0 Å². The third-order valence-electron chi connectivity index (χ3n) is 12.7. The van der Waals surface area contributed by atoms with Gasteiger partial charge in [0.05, 0.1) is 0 Å². The second kappa shape index (κ2) is 12.3. The predicted octanol–water partition coefficient (Wildman–Crippen LogP) is 8.58. The van der Waals surface area contributed by atoms with Gasteiger partial charge in [-0.3, -0.25) is 0 Å². The molecule has 0 amide bonds. The van der Waals surface area contributed by atoms with E-state index in [0.717, 1.165) is 12.8 Å². The number of alkyl halides is 6. The van der Waals surface area contributed by atoms with Gasteiger partial charge >= 0.3 is 12.4 Å². The van der Waals surface area contributed by atoms with Crippen molar-refractivity contribution in [2.75, 3.05) is 23.0 Å². The molecule has 8 aliphatic heterocycles. The highest BCUT2D eigenvalue weighted by Gasteiger charge is 2.71. The van der Waals surface area contributed by atoms with Crippen molar-refractivity contribution < 1.29 is 64.8 Å². The number of ether oxygens (including phenoxy) is 4.